The molecule has 0 aliphatic carbocycles. The summed E-state index contributed by atoms with van der Waals surface area (Å²) in [6.45, 7) is 3.49. The largest absolute Gasteiger partial charge is 0.467 e. The first kappa shape index (κ1) is 10.8. The molecule has 1 N–H and O–H groups in total. The summed E-state index contributed by atoms with van der Waals surface area (Å²) in [6, 6.07) is 0. The Morgan fingerprint density at radius 1 is 1.67 bits per heavy atom. The van der Waals surface area contributed by atoms with Crippen LogP contribution < -0.4 is 0 Å². The standard InChI is InChI=1S/C6H8N4O.ClH/c1-6(2)4(9-10-8)3-5(7)11-6;/h3,7H,1-2H3;1H. The van der Waals surface area contributed by atoms with Gasteiger partial charge in [-0.25, -0.2) is 0 Å². The maximum Gasteiger partial charge on any atom is 0.206 e. The van der Waals surface area contributed by atoms with Crippen molar-refractivity contribution in [3.8, 4) is 0 Å². The lowest BCUT2D eigenvalue weighted by Crippen LogP contribution is -2.21. The van der Waals surface area contributed by atoms with E-state index in [0.29, 0.717) is 5.70 Å². The van der Waals surface area contributed by atoms with Gasteiger partial charge in [0.25, 0.3) is 0 Å². The summed E-state index contributed by atoms with van der Waals surface area (Å²) < 4.78 is 5.04. The topological polar surface area (TPSA) is 81.8 Å². The van der Waals surface area contributed by atoms with E-state index in [1.54, 1.807) is 13.8 Å². The van der Waals surface area contributed by atoms with Crippen molar-refractivity contribution in [3.05, 3.63) is 22.2 Å². The van der Waals surface area contributed by atoms with E-state index < -0.39 is 5.60 Å². The molecule has 0 bridgehead atoms. The zero-order valence-corrected chi connectivity index (χ0v) is 7.55. The average molecular weight is 189 g/mol. The number of rotatable bonds is 1. The fourth-order valence-electron chi connectivity index (χ4n) is 0.852. The summed E-state index contributed by atoms with van der Waals surface area (Å²) in [5.74, 6) is 0.0393. The minimum absolute atomic E-state index is 0. The second-order valence-electron chi connectivity index (χ2n) is 2.70. The van der Waals surface area contributed by atoms with Crippen LogP contribution in [0.15, 0.2) is 16.9 Å². The number of nitrogens with one attached hydrogen (secondary N) is 1. The molecule has 0 aromatic heterocycles. The van der Waals surface area contributed by atoms with Crippen molar-refractivity contribution in [2.24, 2.45) is 5.11 Å². The van der Waals surface area contributed by atoms with Crippen LogP contribution in [0.2, 0.25) is 0 Å². The highest BCUT2D eigenvalue weighted by molar-refractivity contribution is 5.88. The van der Waals surface area contributed by atoms with Gasteiger partial charge in [-0.3, -0.25) is 5.41 Å². The van der Waals surface area contributed by atoms with Crippen LogP contribution >= 0.6 is 12.4 Å². The summed E-state index contributed by atoms with van der Waals surface area (Å²) in [4.78, 5) is 2.63. The van der Waals surface area contributed by atoms with Gasteiger partial charge in [0.05, 0.1) is 5.70 Å². The Morgan fingerprint density at radius 3 is 2.58 bits per heavy atom. The van der Waals surface area contributed by atoms with Crippen molar-refractivity contribution in [1.29, 1.82) is 5.41 Å². The average Bonchev–Trinajstić information content (AvgIpc) is 2.07. The van der Waals surface area contributed by atoms with E-state index in [4.69, 9.17) is 15.7 Å². The number of azide groups is 1. The fourth-order valence-corrected chi connectivity index (χ4v) is 0.852. The Morgan fingerprint density at radius 2 is 2.25 bits per heavy atom. The Bertz CT molecular complexity index is 277. The van der Waals surface area contributed by atoms with Gasteiger partial charge in [0.1, 0.15) is 5.60 Å². The van der Waals surface area contributed by atoms with E-state index in [9.17, 15) is 0 Å². The van der Waals surface area contributed by atoms with Gasteiger partial charge in [0, 0.05) is 11.0 Å². The summed E-state index contributed by atoms with van der Waals surface area (Å²) in [5, 5.41) is 10.5. The highest BCUT2D eigenvalue weighted by atomic mass is 35.5. The summed E-state index contributed by atoms with van der Waals surface area (Å²) in [5.41, 5.74) is 7.94. The molecule has 12 heavy (non-hydrogen) atoms. The van der Waals surface area contributed by atoms with E-state index in [-0.39, 0.29) is 18.3 Å². The molecule has 0 saturated heterocycles. The zero-order chi connectivity index (χ0) is 8.48. The lowest BCUT2D eigenvalue weighted by Gasteiger charge is -2.18. The van der Waals surface area contributed by atoms with E-state index in [2.05, 4.69) is 10.0 Å². The number of hydrogen-bond acceptors (Lipinski definition) is 3. The number of hydrogen-bond donors (Lipinski definition) is 1. The molecule has 6 heteroatoms. The Balaban J connectivity index is 0.00000121. The highest BCUT2D eigenvalue weighted by Crippen LogP contribution is 2.27. The third kappa shape index (κ3) is 1.90. The first-order chi connectivity index (χ1) is 5.06. The molecule has 1 aliphatic rings. The van der Waals surface area contributed by atoms with Gasteiger partial charge in [-0.2, -0.15) is 0 Å². The van der Waals surface area contributed by atoms with Crippen LogP contribution in [0.5, 0.6) is 0 Å². The minimum atomic E-state index is -0.649. The van der Waals surface area contributed by atoms with Crippen LogP contribution in [0.1, 0.15) is 13.8 Å². The number of ether oxygens (including phenoxy) is 1. The molecular formula is C6H9ClN4O. The second kappa shape index (κ2) is 3.47. The van der Waals surface area contributed by atoms with Crippen LogP contribution in [0.4, 0.5) is 0 Å². The van der Waals surface area contributed by atoms with Crippen LogP contribution in [0.3, 0.4) is 0 Å². The predicted octanol–water partition coefficient (Wildman–Crippen LogP) is 2.39. The van der Waals surface area contributed by atoms with Crippen LogP contribution in [0, 0.1) is 5.41 Å². The van der Waals surface area contributed by atoms with Gasteiger partial charge in [-0.05, 0) is 19.4 Å². The molecule has 0 amide bonds. The lowest BCUT2D eigenvalue weighted by atomic mass is 10.1. The van der Waals surface area contributed by atoms with Gasteiger partial charge < -0.3 is 4.74 Å². The monoisotopic (exact) mass is 188 g/mol. The molecule has 0 aromatic carbocycles. The Kier molecular flexibility index (Phi) is 3.13. The first-order valence-corrected chi connectivity index (χ1v) is 3.11. The molecule has 0 radical (unpaired) electrons. The van der Waals surface area contributed by atoms with Gasteiger partial charge in [0.15, 0.2) is 0 Å². The molecule has 0 fully saturated rings. The Labute approximate surface area is 76.0 Å². The molecule has 1 heterocycles. The Hall–Kier alpha value is -1.19. The third-order valence-electron chi connectivity index (χ3n) is 1.40. The van der Waals surface area contributed by atoms with Gasteiger partial charge >= 0.3 is 0 Å². The molecule has 0 atom stereocenters. The fraction of sp³-hybridized carbons (Fsp3) is 0.500. The predicted molar refractivity (Wildman–Crippen MR) is 47.4 cm³/mol. The molecule has 0 unspecified atom stereocenters. The molecule has 0 spiro atoms. The quantitative estimate of drug-likeness (QED) is 0.383. The van der Waals surface area contributed by atoms with E-state index in [0.717, 1.165) is 0 Å². The summed E-state index contributed by atoms with van der Waals surface area (Å²) >= 11 is 0. The SMILES string of the molecule is CC1(C)OC(=N)C=C1N=[N+]=[N-].Cl. The summed E-state index contributed by atoms with van der Waals surface area (Å²) in [6.07, 6.45) is 1.42. The highest BCUT2D eigenvalue weighted by Gasteiger charge is 2.31. The van der Waals surface area contributed by atoms with E-state index in [1.807, 2.05) is 0 Å². The van der Waals surface area contributed by atoms with Crippen molar-refractivity contribution < 1.29 is 4.74 Å². The van der Waals surface area contributed by atoms with Crippen LogP contribution in [-0.2, 0) is 4.74 Å². The molecule has 1 rings (SSSR count). The van der Waals surface area contributed by atoms with Crippen molar-refractivity contribution in [1.82, 2.24) is 0 Å². The molecule has 1 aliphatic heterocycles. The molecule has 0 aromatic rings. The third-order valence-corrected chi connectivity index (χ3v) is 1.40. The van der Waals surface area contributed by atoms with Crippen LogP contribution in [-0.4, -0.2) is 11.5 Å². The van der Waals surface area contributed by atoms with E-state index in [1.165, 1.54) is 6.08 Å². The van der Waals surface area contributed by atoms with Crippen molar-refractivity contribution in [3.63, 3.8) is 0 Å². The number of halogens is 1. The minimum Gasteiger partial charge on any atom is -0.467 e. The van der Waals surface area contributed by atoms with Crippen molar-refractivity contribution in [2.75, 3.05) is 0 Å². The van der Waals surface area contributed by atoms with Gasteiger partial charge in [-0.15, -0.1) is 12.4 Å². The maximum absolute atomic E-state index is 8.14. The summed E-state index contributed by atoms with van der Waals surface area (Å²) in [7, 11) is 0. The molecule has 0 saturated carbocycles. The van der Waals surface area contributed by atoms with Gasteiger partial charge in [-0.1, -0.05) is 5.11 Å². The van der Waals surface area contributed by atoms with Crippen molar-refractivity contribution in [2.45, 2.75) is 19.4 Å². The maximum atomic E-state index is 8.14. The second-order valence-corrected chi connectivity index (χ2v) is 2.70. The normalized spacial score (nSPS) is 18.5. The van der Waals surface area contributed by atoms with Crippen LogP contribution in [0.25, 0.3) is 10.4 Å². The van der Waals surface area contributed by atoms with Crippen molar-refractivity contribution >= 4 is 18.3 Å². The lowest BCUT2D eigenvalue weighted by molar-refractivity contribution is 0.147. The van der Waals surface area contributed by atoms with E-state index >= 15 is 0 Å². The van der Waals surface area contributed by atoms with Gasteiger partial charge in [0.2, 0.25) is 5.90 Å². The molecular weight excluding hydrogens is 180 g/mol. The zero-order valence-electron chi connectivity index (χ0n) is 6.74. The first-order valence-electron chi connectivity index (χ1n) is 3.11. The number of nitrogens with zero attached hydrogens (tertiary/aromatic N) is 3. The molecule has 5 nitrogen and oxygen atoms in total. The molecule has 66 valence electrons. The smallest absolute Gasteiger partial charge is 0.206 e.